The summed E-state index contributed by atoms with van der Waals surface area (Å²) in [7, 11) is 0. The highest BCUT2D eigenvalue weighted by Crippen LogP contribution is 2.13. The van der Waals surface area contributed by atoms with Gasteiger partial charge in [-0.3, -0.25) is 9.59 Å². The number of hydrogen-bond donors (Lipinski definition) is 1. The molecule has 0 aliphatic heterocycles. The Kier molecular flexibility index (Phi) is 5.83. The van der Waals surface area contributed by atoms with Crippen LogP contribution in [-0.4, -0.2) is 17.6 Å². The van der Waals surface area contributed by atoms with Crippen molar-refractivity contribution in [1.29, 1.82) is 0 Å². The topological polar surface area (TPSA) is 60.2 Å². The van der Waals surface area contributed by atoms with Gasteiger partial charge in [-0.25, -0.2) is 0 Å². The average Bonchev–Trinajstić information content (AvgIpc) is 2.61. The fourth-order valence-corrected chi connectivity index (χ4v) is 2.47. The summed E-state index contributed by atoms with van der Waals surface area (Å²) in [6.07, 6.45) is 1.31. The van der Waals surface area contributed by atoms with Crippen LogP contribution < -0.4 is 5.73 Å². The highest BCUT2D eigenvalue weighted by atomic mass is 16.1. The molecule has 2 unspecified atom stereocenters. The maximum Gasteiger partial charge on any atom is 0.193 e. The molecule has 0 saturated carbocycles. The maximum atomic E-state index is 12.3. The van der Waals surface area contributed by atoms with E-state index < -0.39 is 6.04 Å². The van der Waals surface area contributed by atoms with Crippen LogP contribution in [0.4, 0.5) is 0 Å². The molecule has 0 fully saturated rings. The second kappa shape index (κ2) is 7.84. The van der Waals surface area contributed by atoms with Crippen LogP contribution >= 0.6 is 0 Å². The minimum atomic E-state index is -0.486. The highest BCUT2D eigenvalue weighted by molar-refractivity contribution is 6.08. The Hall–Kier alpha value is -2.26. The molecule has 0 aromatic heterocycles. The molecule has 3 heteroatoms. The molecule has 0 heterocycles. The zero-order valence-electron chi connectivity index (χ0n) is 13.7. The standard InChI is InChI=1S/C20H23NO2/c1-3-14(2)19(22)18(21)13-15-9-11-17(12-10-15)20(23)16-7-5-4-6-8-16/h4-12,14,18H,3,13,21H2,1-2H3. The first-order chi connectivity index (χ1) is 11.0. The lowest BCUT2D eigenvalue weighted by molar-refractivity contribution is -0.123. The molecule has 2 rings (SSSR count). The zero-order valence-corrected chi connectivity index (χ0v) is 13.7. The van der Waals surface area contributed by atoms with Gasteiger partial charge in [-0.1, -0.05) is 68.4 Å². The molecule has 0 radical (unpaired) electrons. The predicted molar refractivity (Wildman–Crippen MR) is 92.5 cm³/mol. The number of rotatable bonds is 7. The van der Waals surface area contributed by atoms with E-state index in [0.29, 0.717) is 17.5 Å². The summed E-state index contributed by atoms with van der Waals surface area (Å²) < 4.78 is 0. The van der Waals surface area contributed by atoms with Gasteiger partial charge in [0.2, 0.25) is 0 Å². The average molecular weight is 309 g/mol. The Bertz CT molecular complexity index is 662. The molecule has 0 aliphatic carbocycles. The summed E-state index contributed by atoms with van der Waals surface area (Å²) in [5.74, 6) is 0.0815. The van der Waals surface area contributed by atoms with Gasteiger partial charge in [0.15, 0.2) is 11.6 Å². The molecule has 0 aliphatic rings. The normalized spacial score (nSPS) is 13.3. The molecule has 120 valence electrons. The lowest BCUT2D eigenvalue weighted by atomic mass is 9.93. The first kappa shape index (κ1) is 17.1. The number of benzene rings is 2. The molecule has 2 atom stereocenters. The predicted octanol–water partition coefficient (Wildman–Crippen LogP) is 3.40. The summed E-state index contributed by atoms with van der Waals surface area (Å²) in [4.78, 5) is 24.4. The smallest absolute Gasteiger partial charge is 0.193 e. The van der Waals surface area contributed by atoms with Crippen LogP contribution in [0.3, 0.4) is 0 Å². The van der Waals surface area contributed by atoms with E-state index in [0.717, 1.165) is 12.0 Å². The van der Waals surface area contributed by atoms with Crippen molar-refractivity contribution in [2.24, 2.45) is 11.7 Å². The molecule has 2 N–H and O–H groups in total. The van der Waals surface area contributed by atoms with E-state index in [1.807, 2.05) is 44.2 Å². The lowest BCUT2D eigenvalue weighted by Gasteiger charge is -2.15. The van der Waals surface area contributed by atoms with Crippen molar-refractivity contribution in [2.75, 3.05) is 0 Å². The molecule has 0 bridgehead atoms. The van der Waals surface area contributed by atoms with Gasteiger partial charge in [0.05, 0.1) is 6.04 Å². The van der Waals surface area contributed by atoms with E-state index in [1.165, 1.54) is 0 Å². The van der Waals surface area contributed by atoms with Crippen LogP contribution in [0.1, 0.15) is 41.8 Å². The summed E-state index contributed by atoms with van der Waals surface area (Å²) in [6, 6.07) is 16.0. The summed E-state index contributed by atoms with van der Waals surface area (Å²) in [5, 5.41) is 0. The van der Waals surface area contributed by atoms with E-state index in [-0.39, 0.29) is 17.5 Å². The van der Waals surface area contributed by atoms with Gasteiger partial charge in [0.25, 0.3) is 0 Å². The maximum absolute atomic E-state index is 12.3. The Labute approximate surface area is 137 Å². The van der Waals surface area contributed by atoms with Gasteiger partial charge in [-0.2, -0.15) is 0 Å². The van der Waals surface area contributed by atoms with Crippen molar-refractivity contribution in [3.8, 4) is 0 Å². The molecular formula is C20H23NO2. The quantitative estimate of drug-likeness (QED) is 0.797. The fourth-order valence-electron chi connectivity index (χ4n) is 2.47. The summed E-state index contributed by atoms with van der Waals surface area (Å²) >= 11 is 0. The first-order valence-corrected chi connectivity index (χ1v) is 8.01. The van der Waals surface area contributed by atoms with Gasteiger partial charge in [-0.05, 0) is 18.4 Å². The SMILES string of the molecule is CCC(C)C(=O)C(N)Cc1ccc(C(=O)c2ccccc2)cc1. The van der Waals surface area contributed by atoms with Crippen molar-refractivity contribution >= 4 is 11.6 Å². The van der Waals surface area contributed by atoms with Crippen LogP contribution in [0, 0.1) is 5.92 Å². The van der Waals surface area contributed by atoms with E-state index in [1.54, 1.807) is 24.3 Å². The highest BCUT2D eigenvalue weighted by Gasteiger charge is 2.19. The number of hydrogen-bond acceptors (Lipinski definition) is 3. The molecule has 0 saturated heterocycles. The molecule has 0 spiro atoms. The number of carbonyl (C=O) groups is 2. The zero-order chi connectivity index (χ0) is 16.8. The third kappa shape index (κ3) is 4.36. The van der Waals surface area contributed by atoms with Gasteiger partial charge < -0.3 is 5.73 Å². The summed E-state index contributed by atoms with van der Waals surface area (Å²) in [6.45, 7) is 3.89. The molecular weight excluding hydrogens is 286 g/mol. The van der Waals surface area contributed by atoms with Crippen molar-refractivity contribution in [1.82, 2.24) is 0 Å². The molecule has 23 heavy (non-hydrogen) atoms. The summed E-state index contributed by atoms with van der Waals surface area (Å²) in [5.41, 5.74) is 8.28. The molecule has 3 nitrogen and oxygen atoms in total. The van der Waals surface area contributed by atoms with E-state index in [9.17, 15) is 9.59 Å². The molecule has 0 amide bonds. The molecule has 2 aromatic carbocycles. The third-order valence-electron chi connectivity index (χ3n) is 4.17. The second-order valence-corrected chi connectivity index (χ2v) is 5.91. The van der Waals surface area contributed by atoms with Crippen molar-refractivity contribution in [3.05, 3.63) is 71.3 Å². The number of ketones is 2. The van der Waals surface area contributed by atoms with E-state index in [2.05, 4.69) is 0 Å². The fraction of sp³-hybridized carbons (Fsp3) is 0.300. The van der Waals surface area contributed by atoms with Crippen molar-refractivity contribution in [3.63, 3.8) is 0 Å². The van der Waals surface area contributed by atoms with Crippen LogP contribution in [0.2, 0.25) is 0 Å². The van der Waals surface area contributed by atoms with E-state index in [4.69, 9.17) is 5.73 Å². The van der Waals surface area contributed by atoms with Gasteiger partial charge in [0.1, 0.15) is 0 Å². The Morgan fingerprint density at radius 2 is 1.52 bits per heavy atom. The Balaban J connectivity index is 2.05. The van der Waals surface area contributed by atoms with Crippen LogP contribution in [-0.2, 0) is 11.2 Å². The van der Waals surface area contributed by atoms with Crippen molar-refractivity contribution < 1.29 is 9.59 Å². The van der Waals surface area contributed by atoms with Crippen LogP contribution in [0.5, 0.6) is 0 Å². The Morgan fingerprint density at radius 1 is 0.957 bits per heavy atom. The second-order valence-electron chi connectivity index (χ2n) is 5.91. The van der Waals surface area contributed by atoms with Gasteiger partial charge in [-0.15, -0.1) is 0 Å². The monoisotopic (exact) mass is 309 g/mol. The number of carbonyl (C=O) groups excluding carboxylic acids is 2. The lowest BCUT2D eigenvalue weighted by Crippen LogP contribution is -2.36. The largest absolute Gasteiger partial charge is 0.321 e. The van der Waals surface area contributed by atoms with E-state index >= 15 is 0 Å². The number of nitrogens with two attached hydrogens (primary N) is 1. The third-order valence-corrected chi connectivity index (χ3v) is 4.17. The van der Waals surface area contributed by atoms with Crippen molar-refractivity contribution in [2.45, 2.75) is 32.7 Å². The van der Waals surface area contributed by atoms with Gasteiger partial charge in [0, 0.05) is 17.0 Å². The minimum absolute atomic E-state index is 0.00266. The van der Waals surface area contributed by atoms with Gasteiger partial charge >= 0.3 is 0 Å². The number of Topliss-reactive ketones (excluding diaryl/α,β-unsaturated/α-hetero) is 1. The minimum Gasteiger partial charge on any atom is -0.321 e. The van der Waals surface area contributed by atoms with Crippen LogP contribution in [0.25, 0.3) is 0 Å². The first-order valence-electron chi connectivity index (χ1n) is 8.01. The molecule has 2 aromatic rings. The van der Waals surface area contributed by atoms with Crippen LogP contribution in [0.15, 0.2) is 54.6 Å². The Morgan fingerprint density at radius 3 is 2.09 bits per heavy atom.